The number of nitrogens with one attached hydrogen (secondary N) is 1. The van der Waals surface area contributed by atoms with Crippen LogP contribution in [0.5, 0.6) is 0 Å². The third kappa shape index (κ3) is 3.01. The number of anilines is 1. The van der Waals surface area contributed by atoms with E-state index in [1.165, 1.54) is 11.3 Å². The number of carbonyl (C=O) groups is 3. The smallest absolute Gasteiger partial charge is 0.238 e. The molecule has 38 heavy (non-hydrogen) atoms. The molecule has 0 bridgehead atoms. The van der Waals surface area contributed by atoms with E-state index >= 15 is 0 Å². The minimum atomic E-state index is -1.33. The van der Waals surface area contributed by atoms with E-state index in [1.807, 2.05) is 77.2 Å². The monoisotopic (exact) mass is 536 g/mol. The molecule has 4 unspecified atom stereocenters. The third-order valence-electron chi connectivity index (χ3n) is 8.02. The molecule has 3 aliphatic heterocycles. The minimum Gasteiger partial charge on any atom is -0.358 e. The number of fused-ring (bicyclic) bond motifs is 6. The number of ketones is 2. The van der Waals surface area contributed by atoms with Crippen LogP contribution in [0.1, 0.15) is 42.8 Å². The average molecular weight is 537 g/mol. The molecule has 4 aromatic rings. The molecule has 1 aromatic heterocycles. The topological polar surface area (TPSA) is 66.5 Å². The van der Waals surface area contributed by atoms with Gasteiger partial charge in [0.25, 0.3) is 0 Å². The number of halogens is 1. The van der Waals surface area contributed by atoms with Crippen LogP contribution >= 0.6 is 22.9 Å². The predicted molar refractivity (Wildman–Crippen MR) is 149 cm³/mol. The van der Waals surface area contributed by atoms with Crippen LogP contribution in [0.25, 0.3) is 6.08 Å². The first-order valence-electron chi connectivity index (χ1n) is 12.4. The van der Waals surface area contributed by atoms with Gasteiger partial charge in [-0.2, -0.15) is 0 Å². The quantitative estimate of drug-likeness (QED) is 0.307. The average Bonchev–Trinajstić information content (AvgIpc) is 3.65. The van der Waals surface area contributed by atoms with Crippen LogP contribution in [0, 0.1) is 5.92 Å². The lowest BCUT2D eigenvalue weighted by Crippen LogP contribution is -2.49. The molecule has 3 aliphatic rings. The molecular weight excluding hydrogens is 516 g/mol. The molecule has 7 heteroatoms. The van der Waals surface area contributed by atoms with E-state index in [2.05, 4.69) is 5.32 Å². The Morgan fingerprint density at radius 1 is 0.895 bits per heavy atom. The van der Waals surface area contributed by atoms with Crippen LogP contribution in [0.15, 0.2) is 96.5 Å². The SMILES string of the molecule is O=C(c1ccccc1Cl)C1C(C(=O)c2cccs2)C2(C(=O)Nc3ccccc32)C2c3ccccc3C=CN12. The Labute approximate surface area is 228 Å². The number of rotatable bonds is 4. The summed E-state index contributed by atoms with van der Waals surface area (Å²) < 4.78 is 0. The van der Waals surface area contributed by atoms with Crippen LogP contribution in [0.3, 0.4) is 0 Å². The molecular formula is C31H21ClN2O3S. The van der Waals surface area contributed by atoms with Gasteiger partial charge in [-0.3, -0.25) is 14.4 Å². The zero-order valence-electron chi connectivity index (χ0n) is 20.0. The number of amides is 1. The Balaban J connectivity index is 1.56. The van der Waals surface area contributed by atoms with E-state index in [0.29, 0.717) is 21.2 Å². The van der Waals surface area contributed by atoms with Gasteiger partial charge in [0.1, 0.15) is 11.5 Å². The highest BCUT2D eigenvalue weighted by atomic mass is 35.5. The number of hydrogen-bond acceptors (Lipinski definition) is 5. The predicted octanol–water partition coefficient (Wildman–Crippen LogP) is 6.38. The van der Waals surface area contributed by atoms with Crippen molar-refractivity contribution < 1.29 is 14.4 Å². The van der Waals surface area contributed by atoms with Crippen molar-refractivity contribution in [2.24, 2.45) is 5.92 Å². The summed E-state index contributed by atoms with van der Waals surface area (Å²) in [6.07, 6.45) is 3.81. The molecule has 3 aromatic carbocycles. The summed E-state index contributed by atoms with van der Waals surface area (Å²) in [5, 5.41) is 5.21. The molecule has 1 N–H and O–H groups in total. The maximum Gasteiger partial charge on any atom is 0.238 e. The van der Waals surface area contributed by atoms with Crippen molar-refractivity contribution in [2.75, 3.05) is 5.32 Å². The molecule has 1 fully saturated rings. The number of Topliss-reactive ketones (excluding diaryl/α,β-unsaturated/α-hetero) is 2. The molecule has 186 valence electrons. The maximum atomic E-state index is 14.5. The van der Waals surface area contributed by atoms with Crippen molar-refractivity contribution in [1.29, 1.82) is 0 Å². The van der Waals surface area contributed by atoms with Crippen molar-refractivity contribution in [3.63, 3.8) is 0 Å². The highest BCUT2D eigenvalue weighted by Crippen LogP contribution is 2.62. The lowest BCUT2D eigenvalue weighted by molar-refractivity contribution is -0.122. The van der Waals surface area contributed by atoms with E-state index in [-0.39, 0.29) is 17.5 Å². The van der Waals surface area contributed by atoms with Crippen molar-refractivity contribution in [2.45, 2.75) is 17.5 Å². The van der Waals surface area contributed by atoms with E-state index in [0.717, 1.165) is 16.7 Å². The Kier molecular flexibility index (Phi) is 5.18. The Bertz CT molecular complexity index is 1660. The van der Waals surface area contributed by atoms with Crippen LogP contribution < -0.4 is 5.32 Å². The molecule has 0 aliphatic carbocycles. The van der Waals surface area contributed by atoms with Crippen molar-refractivity contribution in [3.8, 4) is 0 Å². The maximum absolute atomic E-state index is 14.5. The summed E-state index contributed by atoms with van der Waals surface area (Å²) in [5.41, 5.74) is 2.26. The molecule has 0 radical (unpaired) electrons. The second-order valence-electron chi connectivity index (χ2n) is 9.77. The second kappa shape index (κ2) is 8.51. The first kappa shape index (κ1) is 23.1. The Morgan fingerprint density at radius 2 is 1.66 bits per heavy atom. The summed E-state index contributed by atoms with van der Waals surface area (Å²) >= 11 is 7.84. The minimum absolute atomic E-state index is 0.225. The molecule has 7 rings (SSSR count). The lowest BCUT2D eigenvalue weighted by Gasteiger charge is -2.38. The summed E-state index contributed by atoms with van der Waals surface area (Å²) in [5.74, 6) is -1.77. The third-order valence-corrected chi connectivity index (χ3v) is 9.24. The van der Waals surface area contributed by atoms with Crippen LogP contribution in [0.2, 0.25) is 5.02 Å². The molecule has 0 saturated carbocycles. The molecule has 1 spiro atoms. The molecule has 4 heterocycles. The van der Waals surface area contributed by atoms with E-state index in [4.69, 9.17) is 11.6 Å². The van der Waals surface area contributed by atoms with Crippen molar-refractivity contribution >= 4 is 52.2 Å². The summed E-state index contributed by atoms with van der Waals surface area (Å²) in [7, 11) is 0. The van der Waals surface area contributed by atoms with Crippen molar-refractivity contribution in [1.82, 2.24) is 4.90 Å². The van der Waals surface area contributed by atoms with Gasteiger partial charge in [0.15, 0.2) is 11.6 Å². The van der Waals surface area contributed by atoms with Crippen molar-refractivity contribution in [3.05, 3.63) is 129 Å². The standard InChI is InChI=1S/C31H21ClN2O3S/c32-22-12-5-3-10-20(22)27(35)26-25(28(36)24-14-7-17-38-24)31(21-11-4-6-13-23(21)33-30(31)37)29-19-9-2-1-8-18(19)15-16-34(26)29/h1-17,25-26,29H,(H,33,37). The summed E-state index contributed by atoms with van der Waals surface area (Å²) in [4.78, 5) is 45.7. The number of hydrogen-bond donors (Lipinski definition) is 1. The van der Waals surface area contributed by atoms with Gasteiger partial charge in [-0.05, 0) is 52.4 Å². The van der Waals surface area contributed by atoms with Gasteiger partial charge in [0.2, 0.25) is 5.91 Å². The fourth-order valence-electron chi connectivity index (χ4n) is 6.56. The first-order chi connectivity index (χ1) is 18.5. The second-order valence-corrected chi connectivity index (χ2v) is 11.1. The van der Waals surface area contributed by atoms with Gasteiger partial charge in [0.05, 0.1) is 21.9 Å². The lowest BCUT2D eigenvalue weighted by atomic mass is 9.63. The summed E-state index contributed by atoms with van der Waals surface area (Å²) in [6, 6.07) is 24.3. The highest BCUT2D eigenvalue weighted by Gasteiger charge is 2.70. The number of para-hydroxylation sites is 1. The van der Waals surface area contributed by atoms with Crippen LogP contribution in [-0.4, -0.2) is 28.4 Å². The number of thiophene rings is 1. The van der Waals surface area contributed by atoms with Gasteiger partial charge in [-0.15, -0.1) is 11.3 Å². The van der Waals surface area contributed by atoms with Gasteiger partial charge in [-0.1, -0.05) is 72.3 Å². The molecule has 1 saturated heterocycles. The zero-order chi connectivity index (χ0) is 26.0. The summed E-state index contributed by atoms with van der Waals surface area (Å²) in [6.45, 7) is 0. The normalized spacial score (nSPS) is 24.6. The first-order valence-corrected chi connectivity index (χ1v) is 13.6. The largest absolute Gasteiger partial charge is 0.358 e. The van der Waals surface area contributed by atoms with Gasteiger partial charge >= 0.3 is 0 Å². The fourth-order valence-corrected chi connectivity index (χ4v) is 7.49. The van der Waals surface area contributed by atoms with E-state index in [9.17, 15) is 14.4 Å². The molecule has 4 atom stereocenters. The van der Waals surface area contributed by atoms with Gasteiger partial charge in [-0.25, -0.2) is 0 Å². The molecule has 1 amide bonds. The van der Waals surface area contributed by atoms with Crippen LogP contribution in [-0.2, 0) is 10.2 Å². The fraction of sp³-hybridized carbons (Fsp3) is 0.129. The highest BCUT2D eigenvalue weighted by molar-refractivity contribution is 7.12. The Morgan fingerprint density at radius 3 is 2.47 bits per heavy atom. The van der Waals surface area contributed by atoms with E-state index in [1.54, 1.807) is 30.3 Å². The zero-order valence-corrected chi connectivity index (χ0v) is 21.6. The number of benzene rings is 3. The van der Waals surface area contributed by atoms with Gasteiger partial charge in [0, 0.05) is 17.5 Å². The number of carbonyl (C=O) groups excluding carboxylic acids is 3. The number of nitrogens with zero attached hydrogens (tertiary/aromatic N) is 1. The Hall–Kier alpha value is -4.00. The van der Waals surface area contributed by atoms with E-state index < -0.39 is 23.4 Å². The molecule has 5 nitrogen and oxygen atoms in total. The van der Waals surface area contributed by atoms with Crippen LogP contribution in [0.4, 0.5) is 5.69 Å². The van der Waals surface area contributed by atoms with Gasteiger partial charge < -0.3 is 10.2 Å².